The molecule has 0 radical (unpaired) electrons. The van der Waals surface area contributed by atoms with Crippen LogP contribution in [0.15, 0.2) is 30.6 Å². The largest absolute Gasteiger partial charge is 0.385 e. The van der Waals surface area contributed by atoms with E-state index in [1.807, 2.05) is 25.2 Å². The third-order valence-corrected chi connectivity index (χ3v) is 3.30. The van der Waals surface area contributed by atoms with Crippen LogP contribution < -0.4 is 10.6 Å². The molecular formula is C14H16N4O. The molecule has 2 aromatic rings. The maximum absolute atomic E-state index is 12.3. The molecule has 5 nitrogen and oxygen atoms in total. The van der Waals surface area contributed by atoms with Crippen LogP contribution in [0.4, 0.5) is 11.4 Å². The average molecular weight is 256 g/mol. The van der Waals surface area contributed by atoms with Crippen molar-refractivity contribution in [3.8, 4) is 0 Å². The van der Waals surface area contributed by atoms with Crippen molar-refractivity contribution in [3.63, 3.8) is 0 Å². The zero-order chi connectivity index (χ0) is 13.2. The van der Waals surface area contributed by atoms with Crippen LogP contribution in [-0.4, -0.2) is 22.2 Å². The van der Waals surface area contributed by atoms with Gasteiger partial charge in [-0.1, -0.05) is 6.07 Å². The van der Waals surface area contributed by atoms with E-state index in [9.17, 15) is 4.79 Å². The number of aryl methyl sites for hydroxylation is 1. The lowest BCUT2D eigenvalue weighted by Gasteiger charge is -2.20. The fraction of sp³-hybridized carbons (Fsp3) is 0.286. The van der Waals surface area contributed by atoms with Crippen LogP contribution in [0.3, 0.4) is 0 Å². The summed E-state index contributed by atoms with van der Waals surface area (Å²) in [6.07, 6.45) is 5.43. The van der Waals surface area contributed by atoms with E-state index in [4.69, 9.17) is 0 Å². The summed E-state index contributed by atoms with van der Waals surface area (Å²) in [6, 6.07) is 5.81. The highest BCUT2D eigenvalue weighted by molar-refractivity contribution is 6.06. The van der Waals surface area contributed by atoms with Crippen molar-refractivity contribution in [2.45, 2.75) is 12.8 Å². The molecule has 0 aliphatic carbocycles. The molecule has 1 aromatic carbocycles. The second-order valence-corrected chi connectivity index (χ2v) is 4.72. The summed E-state index contributed by atoms with van der Waals surface area (Å²) in [4.78, 5) is 12.3. The molecule has 3 rings (SSSR count). The van der Waals surface area contributed by atoms with E-state index in [0.717, 1.165) is 36.2 Å². The summed E-state index contributed by atoms with van der Waals surface area (Å²) in [5, 5.41) is 10.2. The molecule has 1 aromatic heterocycles. The SMILES string of the molecule is Cn1cc(NC(=O)c2cccc3c2CCCN3)cn1. The first-order valence-corrected chi connectivity index (χ1v) is 6.40. The molecule has 1 aliphatic heterocycles. The number of aromatic nitrogens is 2. The Balaban J connectivity index is 1.87. The van der Waals surface area contributed by atoms with Gasteiger partial charge in [-0.3, -0.25) is 9.48 Å². The molecule has 0 unspecified atom stereocenters. The number of fused-ring (bicyclic) bond motifs is 1. The maximum atomic E-state index is 12.3. The average Bonchev–Trinajstić information content (AvgIpc) is 2.83. The van der Waals surface area contributed by atoms with E-state index in [2.05, 4.69) is 15.7 Å². The van der Waals surface area contributed by atoms with Crippen LogP contribution >= 0.6 is 0 Å². The quantitative estimate of drug-likeness (QED) is 0.864. The highest BCUT2D eigenvalue weighted by atomic mass is 16.1. The molecule has 0 fully saturated rings. The Morgan fingerprint density at radius 3 is 3.16 bits per heavy atom. The first-order chi connectivity index (χ1) is 9.24. The Kier molecular flexibility index (Phi) is 2.95. The molecule has 0 spiro atoms. The predicted molar refractivity (Wildman–Crippen MR) is 74.4 cm³/mol. The third-order valence-electron chi connectivity index (χ3n) is 3.30. The predicted octanol–water partition coefficient (Wildman–Crippen LogP) is 2.03. The lowest BCUT2D eigenvalue weighted by atomic mass is 9.97. The van der Waals surface area contributed by atoms with Crippen molar-refractivity contribution < 1.29 is 4.79 Å². The number of benzene rings is 1. The van der Waals surface area contributed by atoms with Gasteiger partial charge in [0.2, 0.25) is 0 Å². The molecule has 2 N–H and O–H groups in total. The smallest absolute Gasteiger partial charge is 0.256 e. The monoisotopic (exact) mass is 256 g/mol. The van der Waals surface area contributed by atoms with E-state index >= 15 is 0 Å². The number of carbonyl (C=O) groups excluding carboxylic acids is 1. The Labute approximate surface area is 111 Å². The molecule has 19 heavy (non-hydrogen) atoms. The van der Waals surface area contributed by atoms with Gasteiger partial charge in [-0.2, -0.15) is 5.10 Å². The van der Waals surface area contributed by atoms with Crippen molar-refractivity contribution >= 4 is 17.3 Å². The van der Waals surface area contributed by atoms with Gasteiger partial charge in [0, 0.05) is 31.0 Å². The van der Waals surface area contributed by atoms with Crippen LogP contribution in [0.1, 0.15) is 22.3 Å². The Bertz CT molecular complexity index is 618. The zero-order valence-electron chi connectivity index (χ0n) is 10.8. The second-order valence-electron chi connectivity index (χ2n) is 4.72. The Morgan fingerprint density at radius 2 is 2.37 bits per heavy atom. The number of carbonyl (C=O) groups is 1. The summed E-state index contributed by atoms with van der Waals surface area (Å²) in [5.74, 6) is -0.0754. The van der Waals surface area contributed by atoms with Gasteiger partial charge >= 0.3 is 0 Å². The van der Waals surface area contributed by atoms with Gasteiger partial charge in [0.1, 0.15) is 0 Å². The number of rotatable bonds is 2. The lowest BCUT2D eigenvalue weighted by molar-refractivity contribution is 0.102. The van der Waals surface area contributed by atoms with Gasteiger partial charge in [-0.05, 0) is 30.5 Å². The number of amides is 1. The Hall–Kier alpha value is -2.30. The fourth-order valence-electron chi connectivity index (χ4n) is 2.41. The van der Waals surface area contributed by atoms with Crippen LogP contribution in [0.2, 0.25) is 0 Å². The van der Waals surface area contributed by atoms with Crippen LogP contribution in [-0.2, 0) is 13.5 Å². The highest BCUT2D eigenvalue weighted by Crippen LogP contribution is 2.25. The van der Waals surface area contributed by atoms with E-state index < -0.39 is 0 Å². The molecule has 0 saturated carbocycles. The maximum Gasteiger partial charge on any atom is 0.256 e. The molecule has 1 amide bonds. The molecule has 2 heterocycles. The number of nitrogens with one attached hydrogen (secondary N) is 2. The Morgan fingerprint density at radius 1 is 1.47 bits per heavy atom. The van der Waals surface area contributed by atoms with Gasteiger partial charge in [-0.25, -0.2) is 0 Å². The van der Waals surface area contributed by atoms with Gasteiger partial charge in [0.25, 0.3) is 5.91 Å². The molecule has 0 atom stereocenters. The van der Waals surface area contributed by atoms with Crippen LogP contribution in [0.5, 0.6) is 0 Å². The van der Waals surface area contributed by atoms with Crippen LogP contribution in [0.25, 0.3) is 0 Å². The first kappa shape index (κ1) is 11.8. The van der Waals surface area contributed by atoms with Crippen molar-refractivity contribution in [2.24, 2.45) is 7.05 Å². The zero-order valence-corrected chi connectivity index (χ0v) is 10.8. The van der Waals surface area contributed by atoms with Gasteiger partial charge < -0.3 is 10.6 Å². The summed E-state index contributed by atoms with van der Waals surface area (Å²) < 4.78 is 1.66. The first-order valence-electron chi connectivity index (χ1n) is 6.40. The van der Waals surface area contributed by atoms with E-state index in [1.54, 1.807) is 17.1 Å². The highest BCUT2D eigenvalue weighted by Gasteiger charge is 2.17. The topological polar surface area (TPSA) is 59.0 Å². The second kappa shape index (κ2) is 4.76. The van der Waals surface area contributed by atoms with Crippen molar-refractivity contribution in [2.75, 3.05) is 17.2 Å². The number of hydrogen-bond donors (Lipinski definition) is 2. The fourth-order valence-corrected chi connectivity index (χ4v) is 2.41. The minimum Gasteiger partial charge on any atom is -0.385 e. The van der Waals surface area contributed by atoms with Crippen molar-refractivity contribution in [1.29, 1.82) is 0 Å². The minimum absolute atomic E-state index is 0.0754. The standard InChI is InChI=1S/C14H16N4O/c1-18-9-10(8-16-18)17-14(19)12-4-2-6-13-11(12)5-3-7-15-13/h2,4,6,8-9,15H,3,5,7H2,1H3,(H,17,19). The molecule has 5 heteroatoms. The van der Waals surface area contributed by atoms with Gasteiger partial charge in [0.05, 0.1) is 11.9 Å². The number of anilines is 2. The van der Waals surface area contributed by atoms with Crippen molar-refractivity contribution in [1.82, 2.24) is 9.78 Å². The molecule has 98 valence electrons. The van der Waals surface area contributed by atoms with E-state index in [0.29, 0.717) is 5.69 Å². The summed E-state index contributed by atoms with van der Waals surface area (Å²) in [7, 11) is 1.82. The van der Waals surface area contributed by atoms with Crippen LogP contribution in [0, 0.1) is 0 Å². The summed E-state index contributed by atoms with van der Waals surface area (Å²) in [6.45, 7) is 0.973. The minimum atomic E-state index is -0.0754. The summed E-state index contributed by atoms with van der Waals surface area (Å²) >= 11 is 0. The lowest BCUT2D eigenvalue weighted by Crippen LogP contribution is -2.19. The number of nitrogens with zero attached hydrogens (tertiary/aromatic N) is 2. The number of hydrogen-bond acceptors (Lipinski definition) is 3. The third kappa shape index (κ3) is 2.31. The normalized spacial score (nSPS) is 13.5. The van der Waals surface area contributed by atoms with Gasteiger partial charge in [0.15, 0.2) is 0 Å². The molecule has 0 saturated heterocycles. The molecule has 1 aliphatic rings. The molecular weight excluding hydrogens is 240 g/mol. The van der Waals surface area contributed by atoms with Crippen molar-refractivity contribution in [3.05, 3.63) is 41.7 Å². The van der Waals surface area contributed by atoms with E-state index in [-0.39, 0.29) is 5.91 Å². The van der Waals surface area contributed by atoms with Gasteiger partial charge in [-0.15, -0.1) is 0 Å². The molecule has 0 bridgehead atoms. The van der Waals surface area contributed by atoms with E-state index in [1.165, 1.54) is 0 Å². The summed E-state index contributed by atoms with van der Waals surface area (Å²) in [5.41, 5.74) is 3.64.